The second kappa shape index (κ2) is 6.90. The van der Waals surface area contributed by atoms with Gasteiger partial charge in [-0.2, -0.15) is 0 Å². The maximum absolute atomic E-state index is 13.3. The molecule has 1 aromatic carbocycles. The minimum atomic E-state index is -0.349. The summed E-state index contributed by atoms with van der Waals surface area (Å²) in [5.74, 6) is 1.62. The molecular weight excluding hydrogens is 336 g/mol. The average molecular weight is 362 g/mol. The smallest absolute Gasteiger partial charge is 0.246 e. The molecule has 6 heteroatoms. The summed E-state index contributed by atoms with van der Waals surface area (Å²) < 4.78 is 5.30. The molecule has 0 aliphatic carbocycles. The van der Waals surface area contributed by atoms with Crippen molar-refractivity contribution in [2.75, 3.05) is 19.4 Å². The quantitative estimate of drug-likeness (QED) is 0.808. The number of methoxy groups -OCH3 is 1. The molecule has 0 aromatic heterocycles. The minimum Gasteiger partial charge on any atom is -0.497 e. The molecule has 2 saturated heterocycles. The van der Waals surface area contributed by atoms with Crippen molar-refractivity contribution in [2.45, 2.75) is 50.6 Å². The first-order chi connectivity index (χ1) is 11.9. The van der Waals surface area contributed by atoms with Crippen molar-refractivity contribution in [3.63, 3.8) is 0 Å². The summed E-state index contributed by atoms with van der Waals surface area (Å²) in [5.41, 5.74) is 1.04. The lowest BCUT2D eigenvalue weighted by Gasteiger charge is -2.35. The Morgan fingerprint density at radius 3 is 2.96 bits per heavy atom. The van der Waals surface area contributed by atoms with Gasteiger partial charge < -0.3 is 14.5 Å². The molecule has 3 rings (SSSR count). The third kappa shape index (κ3) is 3.12. The molecule has 3 atom stereocenters. The van der Waals surface area contributed by atoms with Gasteiger partial charge in [0.25, 0.3) is 0 Å². The van der Waals surface area contributed by atoms with Crippen LogP contribution >= 0.6 is 11.8 Å². The van der Waals surface area contributed by atoms with Crippen LogP contribution in [0.3, 0.4) is 0 Å². The van der Waals surface area contributed by atoms with Gasteiger partial charge in [0.05, 0.1) is 18.0 Å². The number of fused-ring (bicyclic) bond motifs is 1. The summed E-state index contributed by atoms with van der Waals surface area (Å²) in [5, 5.41) is 0. The Balaban J connectivity index is 1.83. The second-order valence-electron chi connectivity index (χ2n) is 6.84. The van der Waals surface area contributed by atoms with E-state index >= 15 is 0 Å². The highest BCUT2D eigenvalue weighted by atomic mass is 32.2. The standard InChI is InChI=1S/C19H26N2O3S/c1-5-20(13(2)14-7-6-8-15(11-14)24-4)18(23)16-12-25-19(3)10-9-17(22)21(16)19/h6-8,11,13,16H,5,9-10,12H2,1-4H3. The molecule has 0 N–H and O–H groups in total. The van der Waals surface area contributed by atoms with Gasteiger partial charge >= 0.3 is 0 Å². The van der Waals surface area contributed by atoms with E-state index in [1.54, 1.807) is 18.9 Å². The summed E-state index contributed by atoms with van der Waals surface area (Å²) in [7, 11) is 1.64. The third-order valence-corrected chi connectivity index (χ3v) is 6.90. The van der Waals surface area contributed by atoms with E-state index in [1.165, 1.54) is 0 Å². The molecule has 2 heterocycles. The fourth-order valence-electron chi connectivity index (χ4n) is 3.90. The van der Waals surface area contributed by atoms with Crippen LogP contribution < -0.4 is 4.74 Å². The van der Waals surface area contributed by atoms with E-state index in [9.17, 15) is 9.59 Å². The van der Waals surface area contributed by atoms with E-state index < -0.39 is 0 Å². The van der Waals surface area contributed by atoms with Crippen molar-refractivity contribution in [1.29, 1.82) is 0 Å². The Morgan fingerprint density at radius 2 is 2.28 bits per heavy atom. The van der Waals surface area contributed by atoms with Crippen molar-refractivity contribution in [3.05, 3.63) is 29.8 Å². The second-order valence-corrected chi connectivity index (χ2v) is 8.34. The fraction of sp³-hybridized carbons (Fsp3) is 0.579. The molecule has 2 amide bonds. The molecule has 136 valence electrons. The molecule has 0 radical (unpaired) electrons. The highest BCUT2D eigenvalue weighted by Gasteiger charge is 2.53. The minimum absolute atomic E-state index is 0.0456. The van der Waals surface area contributed by atoms with Gasteiger partial charge in [-0.05, 0) is 44.9 Å². The molecule has 3 unspecified atom stereocenters. The van der Waals surface area contributed by atoms with Crippen molar-refractivity contribution in [3.8, 4) is 5.75 Å². The Bertz CT molecular complexity index is 680. The van der Waals surface area contributed by atoms with Gasteiger partial charge in [0.2, 0.25) is 11.8 Å². The van der Waals surface area contributed by atoms with Crippen molar-refractivity contribution in [1.82, 2.24) is 9.80 Å². The lowest BCUT2D eigenvalue weighted by Crippen LogP contribution is -2.51. The molecule has 5 nitrogen and oxygen atoms in total. The van der Waals surface area contributed by atoms with Gasteiger partial charge in [0.1, 0.15) is 11.8 Å². The third-order valence-electron chi connectivity index (χ3n) is 5.40. The van der Waals surface area contributed by atoms with Crippen LogP contribution in [-0.4, -0.2) is 51.9 Å². The monoisotopic (exact) mass is 362 g/mol. The largest absolute Gasteiger partial charge is 0.497 e. The first kappa shape index (κ1) is 18.1. The van der Waals surface area contributed by atoms with Crippen LogP contribution in [0.4, 0.5) is 0 Å². The maximum Gasteiger partial charge on any atom is 0.246 e. The highest BCUT2D eigenvalue weighted by molar-refractivity contribution is 8.01. The van der Waals surface area contributed by atoms with Gasteiger partial charge in [-0.15, -0.1) is 11.8 Å². The van der Waals surface area contributed by atoms with Crippen LogP contribution in [0.15, 0.2) is 24.3 Å². The van der Waals surface area contributed by atoms with Crippen LogP contribution in [-0.2, 0) is 9.59 Å². The Labute approximate surface area is 153 Å². The summed E-state index contributed by atoms with van der Waals surface area (Å²) >= 11 is 1.73. The number of hydrogen-bond donors (Lipinski definition) is 0. The number of likely N-dealkylation sites (N-methyl/N-ethyl adjacent to an activating group) is 1. The first-order valence-electron chi connectivity index (χ1n) is 8.82. The average Bonchev–Trinajstić information content (AvgIpc) is 3.11. The van der Waals surface area contributed by atoms with Gasteiger partial charge in [-0.1, -0.05) is 12.1 Å². The number of amides is 2. The van der Waals surface area contributed by atoms with Crippen LogP contribution in [0.5, 0.6) is 5.75 Å². The first-order valence-corrected chi connectivity index (χ1v) is 9.80. The molecule has 1 aromatic rings. The zero-order chi connectivity index (χ0) is 18.2. The number of carbonyl (C=O) groups is 2. The van der Waals surface area contributed by atoms with Gasteiger partial charge in [-0.3, -0.25) is 9.59 Å². The van der Waals surface area contributed by atoms with Gasteiger partial charge in [0, 0.05) is 18.7 Å². The van der Waals surface area contributed by atoms with E-state index in [4.69, 9.17) is 4.74 Å². The predicted molar refractivity (Wildman–Crippen MR) is 99.5 cm³/mol. The number of hydrogen-bond acceptors (Lipinski definition) is 4. The van der Waals surface area contributed by atoms with E-state index in [0.29, 0.717) is 18.7 Å². The van der Waals surface area contributed by atoms with E-state index in [-0.39, 0.29) is 28.8 Å². The molecule has 0 bridgehead atoms. The topological polar surface area (TPSA) is 49.9 Å². The van der Waals surface area contributed by atoms with Crippen molar-refractivity contribution in [2.24, 2.45) is 0 Å². The molecule has 0 spiro atoms. The number of rotatable bonds is 5. The van der Waals surface area contributed by atoms with E-state index in [2.05, 4.69) is 6.92 Å². The lowest BCUT2D eigenvalue weighted by atomic mass is 10.1. The number of ether oxygens (including phenoxy) is 1. The lowest BCUT2D eigenvalue weighted by molar-refractivity contribution is -0.145. The fourth-order valence-corrected chi connectivity index (χ4v) is 5.32. The zero-order valence-electron chi connectivity index (χ0n) is 15.3. The van der Waals surface area contributed by atoms with Crippen molar-refractivity contribution >= 4 is 23.6 Å². The SMILES string of the molecule is CCN(C(=O)C1CSC2(C)CCC(=O)N12)C(C)c1cccc(OC)c1. The summed E-state index contributed by atoms with van der Waals surface area (Å²) in [4.78, 5) is 29.1. The van der Waals surface area contributed by atoms with E-state index in [0.717, 1.165) is 17.7 Å². The molecule has 2 aliphatic heterocycles. The van der Waals surface area contributed by atoms with Crippen LogP contribution in [0.2, 0.25) is 0 Å². The van der Waals surface area contributed by atoms with Gasteiger partial charge in [-0.25, -0.2) is 0 Å². The van der Waals surface area contributed by atoms with Crippen LogP contribution in [0, 0.1) is 0 Å². The predicted octanol–water partition coefficient (Wildman–Crippen LogP) is 3.06. The maximum atomic E-state index is 13.3. The molecule has 0 saturated carbocycles. The molecular formula is C19H26N2O3S. The molecule has 2 fully saturated rings. The molecule has 25 heavy (non-hydrogen) atoms. The summed E-state index contributed by atoms with van der Waals surface area (Å²) in [6.45, 7) is 6.71. The number of carbonyl (C=O) groups excluding carboxylic acids is 2. The summed E-state index contributed by atoms with van der Waals surface area (Å²) in [6, 6.07) is 7.40. The van der Waals surface area contributed by atoms with Crippen LogP contribution in [0.25, 0.3) is 0 Å². The Hall–Kier alpha value is -1.69. The highest BCUT2D eigenvalue weighted by Crippen LogP contribution is 2.47. The number of thioether (sulfide) groups is 1. The Kier molecular flexibility index (Phi) is 5.00. The number of benzene rings is 1. The van der Waals surface area contributed by atoms with Crippen LogP contribution in [0.1, 0.15) is 45.2 Å². The Morgan fingerprint density at radius 1 is 1.52 bits per heavy atom. The zero-order valence-corrected chi connectivity index (χ0v) is 16.1. The van der Waals surface area contributed by atoms with E-state index in [1.807, 2.05) is 47.9 Å². The molecule has 2 aliphatic rings. The normalized spacial score (nSPS) is 26.5. The summed E-state index contributed by atoms with van der Waals surface area (Å²) in [6.07, 6.45) is 1.38. The van der Waals surface area contributed by atoms with Crippen molar-refractivity contribution < 1.29 is 14.3 Å². The van der Waals surface area contributed by atoms with Gasteiger partial charge in [0.15, 0.2) is 0 Å². The number of nitrogens with zero attached hydrogens (tertiary/aromatic N) is 2.